The Kier molecular flexibility index (Phi) is 5.46. The molecule has 24 heavy (non-hydrogen) atoms. The number of carbonyl (C=O) groups is 1. The number of fused-ring (bicyclic) bond motifs is 1. The largest absolute Gasteiger partial charge is 0.481 e. The number of aromatic nitrogens is 1. The van der Waals surface area contributed by atoms with E-state index in [0.29, 0.717) is 36.3 Å². The van der Waals surface area contributed by atoms with E-state index >= 15 is 0 Å². The molecule has 3 rings (SSSR count). The standard InChI is InChI=1S/C20H26N2O2/c1-3-14-13-21-9-8-15(14)10-17(23)11-16-12-20(24-2)22-19-7-5-4-6-18(16)19/h4-7,12,14-15,21H,3,8-11,13H2,1-2H3/t14-,15-/m0/s1. The Bertz CT molecular complexity index is 714. The molecule has 0 bridgehead atoms. The minimum Gasteiger partial charge on any atom is -0.481 e. The molecule has 0 radical (unpaired) electrons. The lowest BCUT2D eigenvalue weighted by Gasteiger charge is -2.31. The molecule has 0 saturated carbocycles. The van der Waals surface area contributed by atoms with Crippen molar-refractivity contribution in [1.82, 2.24) is 10.3 Å². The van der Waals surface area contributed by atoms with Gasteiger partial charge in [-0.15, -0.1) is 0 Å². The number of hydrogen-bond acceptors (Lipinski definition) is 4. The summed E-state index contributed by atoms with van der Waals surface area (Å²) in [5, 5.41) is 4.49. The summed E-state index contributed by atoms with van der Waals surface area (Å²) in [6, 6.07) is 9.85. The number of pyridine rings is 1. The quantitative estimate of drug-likeness (QED) is 0.884. The Hall–Kier alpha value is -1.94. The van der Waals surface area contributed by atoms with Gasteiger partial charge in [-0.05, 0) is 43.0 Å². The van der Waals surface area contributed by atoms with E-state index in [1.54, 1.807) is 7.11 Å². The smallest absolute Gasteiger partial charge is 0.213 e. The first-order valence-corrected chi connectivity index (χ1v) is 8.86. The van der Waals surface area contributed by atoms with Gasteiger partial charge in [-0.25, -0.2) is 4.98 Å². The number of para-hydroxylation sites is 1. The average molecular weight is 326 g/mol. The van der Waals surface area contributed by atoms with Gasteiger partial charge in [0.15, 0.2) is 0 Å². The summed E-state index contributed by atoms with van der Waals surface area (Å²) in [5.41, 5.74) is 1.90. The molecule has 0 unspecified atom stereocenters. The molecule has 0 amide bonds. The first-order valence-electron chi connectivity index (χ1n) is 8.86. The van der Waals surface area contributed by atoms with Crippen LogP contribution in [0.25, 0.3) is 10.9 Å². The molecule has 1 aliphatic rings. The zero-order valence-corrected chi connectivity index (χ0v) is 14.5. The van der Waals surface area contributed by atoms with Crippen LogP contribution < -0.4 is 10.1 Å². The maximum absolute atomic E-state index is 12.7. The third-order valence-corrected chi connectivity index (χ3v) is 5.15. The fourth-order valence-corrected chi connectivity index (χ4v) is 3.77. The zero-order valence-electron chi connectivity index (χ0n) is 14.5. The van der Waals surface area contributed by atoms with Crippen molar-refractivity contribution in [2.75, 3.05) is 20.2 Å². The minimum atomic E-state index is 0.318. The predicted octanol–water partition coefficient (Wildman–Crippen LogP) is 3.38. The maximum Gasteiger partial charge on any atom is 0.213 e. The molecular weight excluding hydrogens is 300 g/mol. The number of methoxy groups -OCH3 is 1. The lowest BCUT2D eigenvalue weighted by Crippen LogP contribution is -2.37. The third-order valence-electron chi connectivity index (χ3n) is 5.15. The number of carbonyl (C=O) groups excluding carboxylic acids is 1. The topological polar surface area (TPSA) is 51.2 Å². The summed E-state index contributed by atoms with van der Waals surface area (Å²) < 4.78 is 5.30. The molecule has 4 heteroatoms. The Morgan fingerprint density at radius 3 is 2.96 bits per heavy atom. The normalized spacial score (nSPS) is 20.9. The van der Waals surface area contributed by atoms with Crippen LogP contribution in [0.15, 0.2) is 30.3 Å². The van der Waals surface area contributed by atoms with Crippen LogP contribution in [0.3, 0.4) is 0 Å². The van der Waals surface area contributed by atoms with Crippen LogP contribution in [-0.2, 0) is 11.2 Å². The van der Waals surface area contributed by atoms with Crippen molar-refractivity contribution in [3.05, 3.63) is 35.9 Å². The van der Waals surface area contributed by atoms with E-state index in [1.165, 1.54) is 0 Å². The number of rotatable bonds is 6. The van der Waals surface area contributed by atoms with Gasteiger partial charge in [0.1, 0.15) is 5.78 Å². The minimum absolute atomic E-state index is 0.318. The van der Waals surface area contributed by atoms with Crippen molar-refractivity contribution in [3.63, 3.8) is 0 Å². The van der Waals surface area contributed by atoms with Crippen molar-refractivity contribution >= 4 is 16.7 Å². The molecule has 1 aromatic carbocycles. The van der Waals surface area contributed by atoms with Gasteiger partial charge < -0.3 is 10.1 Å². The van der Waals surface area contributed by atoms with Crippen molar-refractivity contribution in [2.24, 2.45) is 11.8 Å². The lowest BCUT2D eigenvalue weighted by atomic mass is 9.80. The number of ketones is 1. The van der Waals surface area contributed by atoms with Gasteiger partial charge in [0, 0.05) is 24.3 Å². The molecule has 0 aliphatic carbocycles. The van der Waals surface area contributed by atoms with Crippen LogP contribution in [0.1, 0.15) is 31.7 Å². The number of hydrogen-bond donors (Lipinski definition) is 1. The molecule has 2 aromatic rings. The second-order valence-electron chi connectivity index (χ2n) is 6.68. The van der Waals surface area contributed by atoms with Crippen LogP contribution in [0, 0.1) is 11.8 Å². The molecule has 1 N–H and O–H groups in total. The maximum atomic E-state index is 12.7. The van der Waals surface area contributed by atoms with Gasteiger partial charge in [-0.1, -0.05) is 31.5 Å². The molecule has 2 heterocycles. The molecule has 2 atom stereocenters. The molecule has 1 aromatic heterocycles. The van der Waals surface area contributed by atoms with Crippen LogP contribution >= 0.6 is 0 Å². The van der Waals surface area contributed by atoms with Gasteiger partial charge in [0.25, 0.3) is 0 Å². The molecule has 128 valence electrons. The SMILES string of the molecule is CC[C@H]1CNCC[C@H]1CC(=O)Cc1cc(OC)nc2ccccc12. The Labute approximate surface area is 143 Å². The van der Waals surface area contributed by atoms with Crippen LogP contribution in [0.2, 0.25) is 0 Å². The van der Waals surface area contributed by atoms with Crippen LogP contribution in [-0.4, -0.2) is 31.0 Å². The summed E-state index contributed by atoms with van der Waals surface area (Å²) in [4.78, 5) is 17.2. The van der Waals surface area contributed by atoms with Gasteiger partial charge in [-0.2, -0.15) is 0 Å². The highest BCUT2D eigenvalue weighted by Gasteiger charge is 2.25. The molecule has 1 saturated heterocycles. The summed E-state index contributed by atoms with van der Waals surface area (Å²) in [6.45, 7) is 4.29. The van der Waals surface area contributed by atoms with Crippen molar-refractivity contribution in [3.8, 4) is 5.88 Å². The van der Waals surface area contributed by atoms with Gasteiger partial charge in [0.2, 0.25) is 5.88 Å². The molecular formula is C20H26N2O2. The number of ether oxygens (including phenoxy) is 1. The number of Topliss-reactive ketones (excluding diaryl/α,β-unsaturated/α-hetero) is 1. The van der Waals surface area contributed by atoms with Crippen LogP contribution in [0.5, 0.6) is 5.88 Å². The number of piperidine rings is 1. The number of nitrogens with zero attached hydrogens (tertiary/aromatic N) is 1. The first kappa shape index (κ1) is 16.9. The van der Waals surface area contributed by atoms with E-state index in [9.17, 15) is 4.79 Å². The summed E-state index contributed by atoms with van der Waals surface area (Å²) in [6.07, 6.45) is 3.38. The molecule has 4 nitrogen and oxygen atoms in total. The van der Waals surface area contributed by atoms with E-state index < -0.39 is 0 Å². The number of benzene rings is 1. The Balaban J connectivity index is 1.77. The predicted molar refractivity (Wildman–Crippen MR) is 96.4 cm³/mol. The Morgan fingerprint density at radius 1 is 1.33 bits per heavy atom. The van der Waals surface area contributed by atoms with Gasteiger partial charge in [-0.3, -0.25) is 4.79 Å². The van der Waals surface area contributed by atoms with Gasteiger partial charge in [0.05, 0.1) is 12.6 Å². The van der Waals surface area contributed by atoms with Crippen molar-refractivity contribution in [2.45, 2.75) is 32.6 Å². The fraction of sp³-hybridized carbons (Fsp3) is 0.500. The Morgan fingerprint density at radius 2 is 2.17 bits per heavy atom. The average Bonchev–Trinajstić information content (AvgIpc) is 2.62. The lowest BCUT2D eigenvalue weighted by molar-refractivity contribution is -0.119. The van der Waals surface area contributed by atoms with E-state index in [0.717, 1.165) is 42.4 Å². The highest BCUT2D eigenvalue weighted by molar-refractivity contribution is 5.89. The fourth-order valence-electron chi connectivity index (χ4n) is 3.77. The zero-order chi connectivity index (χ0) is 16.9. The van der Waals surface area contributed by atoms with Crippen molar-refractivity contribution < 1.29 is 9.53 Å². The second kappa shape index (κ2) is 7.75. The van der Waals surface area contributed by atoms with E-state index in [4.69, 9.17) is 4.74 Å². The van der Waals surface area contributed by atoms with E-state index in [1.807, 2.05) is 30.3 Å². The highest BCUT2D eigenvalue weighted by atomic mass is 16.5. The third kappa shape index (κ3) is 3.75. The van der Waals surface area contributed by atoms with E-state index in [2.05, 4.69) is 17.2 Å². The highest BCUT2D eigenvalue weighted by Crippen LogP contribution is 2.27. The van der Waals surface area contributed by atoms with Gasteiger partial charge >= 0.3 is 0 Å². The first-order chi connectivity index (χ1) is 11.7. The van der Waals surface area contributed by atoms with E-state index in [-0.39, 0.29) is 0 Å². The summed E-state index contributed by atoms with van der Waals surface area (Å²) in [5.74, 6) is 2.02. The molecule has 0 spiro atoms. The van der Waals surface area contributed by atoms with Crippen molar-refractivity contribution in [1.29, 1.82) is 0 Å². The summed E-state index contributed by atoms with van der Waals surface area (Å²) >= 11 is 0. The second-order valence-corrected chi connectivity index (χ2v) is 6.68. The molecule has 1 aliphatic heterocycles. The monoisotopic (exact) mass is 326 g/mol. The molecule has 1 fully saturated rings. The van der Waals surface area contributed by atoms with Crippen LogP contribution in [0.4, 0.5) is 0 Å². The number of nitrogens with one attached hydrogen (secondary N) is 1. The summed E-state index contributed by atoms with van der Waals surface area (Å²) in [7, 11) is 1.61.